The largest absolute Gasteiger partial charge is 0.472 e. The number of phosphoric acid groups is 2. The fraction of sp³-hybridized carbons (Fsp3) is 0.957. The summed E-state index contributed by atoms with van der Waals surface area (Å²) in [6.45, 7) is 7.42. The van der Waals surface area contributed by atoms with Crippen molar-refractivity contribution in [3.8, 4) is 0 Å². The number of carbonyl (C=O) groups is 4. The standard InChI is InChI=1S/C92H180O17P2/c1-6-10-13-16-19-22-25-28-30-32-34-36-38-40-42-44-47-50-56-61-66-71-76-90(95)103-81-87(108-91(96)77-72-67-62-57-51-48-45-43-41-39-37-35-33-31-29-26-23-20-17-14-11-7-2)83-106-110(98,99)104-79-86(93)80-105-111(100,101)107-84-88(82-102-89(94)75-70-65-60-55-49-46-27-24-21-18-15-12-8-3)109-92(97)78-73-68-63-58-53-52-54-59-64-69-74-85(5)9-4/h85-88,93H,6-84H2,1-5H3,(H,98,99)(H,100,101)/t85?,86-,87-,88-/m1/s1. The normalized spacial score (nSPS) is 13.9. The van der Waals surface area contributed by atoms with Crippen LogP contribution in [-0.2, 0) is 65.4 Å². The zero-order valence-electron chi connectivity index (χ0n) is 73.1. The van der Waals surface area contributed by atoms with Gasteiger partial charge in [0.25, 0.3) is 0 Å². The molecule has 0 saturated carbocycles. The maximum absolute atomic E-state index is 13.2. The lowest BCUT2D eigenvalue weighted by atomic mass is 9.99. The first-order chi connectivity index (χ1) is 54.1. The van der Waals surface area contributed by atoms with Crippen LogP contribution in [0.3, 0.4) is 0 Å². The summed E-state index contributed by atoms with van der Waals surface area (Å²) in [5, 5.41) is 10.7. The molecule has 0 fully saturated rings. The van der Waals surface area contributed by atoms with Crippen molar-refractivity contribution in [2.75, 3.05) is 39.6 Å². The summed E-state index contributed by atoms with van der Waals surface area (Å²) in [4.78, 5) is 73.4. The molecule has 17 nitrogen and oxygen atoms in total. The summed E-state index contributed by atoms with van der Waals surface area (Å²) in [5.74, 6) is -1.29. The van der Waals surface area contributed by atoms with Gasteiger partial charge in [0.2, 0.25) is 0 Å². The van der Waals surface area contributed by atoms with E-state index in [0.29, 0.717) is 25.7 Å². The minimum Gasteiger partial charge on any atom is -0.462 e. The fourth-order valence-corrected chi connectivity index (χ4v) is 16.1. The Bertz CT molecular complexity index is 2100. The van der Waals surface area contributed by atoms with Crippen molar-refractivity contribution >= 4 is 39.5 Å². The molecule has 0 aliphatic rings. The second-order valence-electron chi connectivity index (χ2n) is 33.3. The first-order valence-corrected chi connectivity index (χ1v) is 50.7. The van der Waals surface area contributed by atoms with Gasteiger partial charge in [0.1, 0.15) is 19.3 Å². The molecule has 19 heteroatoms. The van der Waals surface area contributed by atoms with E-state index in [0.717, 1.165) is 95.8 Å². The molecule has 0 amide bonds. The number of rotatable bonds is 92. The number of ether oxygens (including phenoxy) is 4. The summed E-state index contributed by atoms with van der Waals surface area (Å²) in [5.41, 5.74) is 0. The maximum atomic E-state index is 13.2. The number of phosphoric ester groups is 2. The number of hydrogen-bond acceptors (Lipinski definition) is 15. The van der Waals surface area contributed by atoms with E-state index in [9.17, 15) is 43.2 Å². The van der Waals surface area contributed by atoms with Crippen LogP contribution in [0.1, 0.15) is 503 Å². The summed E-state index contributed by atoms with van der Waals surface area (Å²) in [6.07, 6.45) is 80.7. The van der Waals surface area contributed by atoms with Gasteiger partial charge in [0.15, 0.2) is 12.2 Å². The topological polar surface area (TPSA) is 237 Å². The van der Waals surface area contributed by atoms with Gasteiger partial charge in [-0.25, -0.2) is 9.13 Å². The molecule has 0 saturated heterocycles. The lowest BCUT2D eigenvalue weighted by molar-refractivity contribution is -0.161. The Morgan fingerprint density at radius 1 is 0.252 bits per heavy atom. The van der Waals surface area contributed by atoms with E-state index in [2.05, 4.69) is 34.6 Å². The number of esters is 4. The molecule has 660 valence electrons. The van der Waals surface area contributed by atoms with Crippen LogP contribution in [0.25, 0.3) is 0 Å². The second-order valence-corrected chi connectivity index (χ2v) is 36.2. The molecule has 0 aromatic carbocycles. The van der Waals surface area contributed by atoms with Crippen molar-refractivity contribution < 1.29 is 80.2 Å². The van der Waals surface area contributed by atoms with E-state index >= 15 is 0 Å². The highest BCUT2D eigenvalue weighted by atomic mass is 31.2. The van der Waals surface area contributed by atoms with Gasteiger partial charge in [-0.05, 0) is 31.6 Å². The van der Waals surface area contributed by atoms with Crippen LogP contribution in [0.4, 0.5) is 0 Å². The minimum absolute atomic E-state index is 0.107. The Kier molecular flexibility index (Phi) is 83.0. The van der Waals surface area contributed by atoms with E-state index in [1.165, 1.54) is 327 Å². The average molecular weight is 1620 g/mol. The minimum atomic E-state index is -4.97. The van der Waals surface area contributed by atoms with Crippen LogP contribution in [0, 0.1) is 5.92 Å². The van der Waals surface area contributed by atoms with Gasteiger partial charge < -0.3 is 33.8 Å². The summed E-state index contributed by atoms with van der Waals surface area (Å²) in [6, 6.07) is 0. The zero-order chi connectivity index (χ0) is 81.1. The van der Waals surface area contributed by atoms with Crippen LogP contribution >= 0.6 is 15.6 Å². The van der Waals surface area contributed by atoms with Crippen molar-refractivity contribution in [3.63, 3.8) is 0 Å². The quantitative estimate of drug-likeness (QED) is 0.0222. The van der Waals surface area contributed by atoms with E-state index in [-0.39, 0.29) is 25.7 Å². The Labute approximate surface area is 683 Å². The first-order valence-electron chi connectivity index (χ1n) is 47.7. The van der Waals surface area contributed by atoms with Crippen molar-refractivity contribution in [2.45, 2.75) is 522 Å². The van der Waals surface area contributed by atoms with E-state index in [1.807, 2.05) is 0 Å². The van der Waals surface area contributed by atoms with Crippen LogP contribution in [0.5, 0.6) is 0 Å². The van der Waals surface area contributed by atoms with E-state index in [1.54, 1.807) is 0 Å². The lowest BCUT2D eigenvalue weighted by Gasteiger charge is -2.21. The van der Waals surface area contributed by atoms with Gasteiger partial charge in [-0.3, -0.25) is 37.3 Å². The Morgan fingerprint density at radius 2 is 0.432 bits per heavy atom. The second kappa shape index (κ2) is 84.5. The van der Waals surface area contributed by atoms with Crippen molar-refractivity contribution in [1.29, 1.82) is 0 Å². The third kappa shape index (κ3) is 84.3. The third-order valence-electron chi connectivity index (χ3n) is 22.1. The summed E-state index contributed by atoms with van der Waals surface area (Å²) in [7, 11) is -9.94. The molecular weight excluding hydrogens is 1440 g/mol. The molecule has 0 spiro atoms. The number of carbonyl (C=O) groups excluding carboxylic acids is 4. The molecule has 111 heavy (non-hydrogen) atoms. The lowest BCUT2D eigenvalue weighted by Crippen LogP contribution is -2.30. The molecule has 3 N–H and O–H groups in total. The highest BCUT2D eigenvalue weighted by molar-refractivity contribution is 7.47. The predicted molar refractivity (Wildman–Crippen MR) is 460 cm³/mol. The summed E-state index contributed by atoms with van der Waals surface area (Å²) < 4.78 is 69.1. The predicted octanol–water partition coefficient (Wildman–Crippen LogP) is 28.7. The van der Waals surface area contributed by atoms with Crippen LogP contribution in [0.2, 0.25) is 0 Å². The number of aliphatic hydroxyl groups excluding tert-OH is 1. The van der Waals surface area contributed by atoms with Crippen LogP contribution in [-0.4, -0.2) is 96.7 Å². The van der Waals surface area contributed by atoms with Gasteiger partial charge in [-0.15, -0.1) is 0 Å². The average Bonchev–Trinajstić information content (AvgIpc) is 0.893. The Morgan fingerprint density at radius 3 is 0.640 bits per heavy atom. The fourth-order valence-electron chi connectivity index (χ4n) is 14.5. The van der Waals surface area contributed by atoms with Gasteiger partial charge in [0.05, 0.1) is 26.4 Å². The maximum Gasteiger partial charge on any atom is 0.472 e. The molecule has 6 atom stereocenters. The molecule has 3 unspecified atom stereocenters. The highest BCUT2D eigenvalue weighted by Crippen LogP contribution is 2.45. The smallest absolute Gasteiger partial charge is 0.462 e. The third-order valence-corrected chi connectivity index (χ3v) is 24.0. The molecule has 0 heterocycles. The first kappa shape index (κ1) is 109. The van der Waals surface area contributed by atoms with Gasteiger partial charge in [0, 0.05) is 25.7 Å². The molecule has 0 bridgehead atoms. The zero-order valence-corrected chi connectivity index (χ0v) is 74.9. The molecule has 0 aliphatic carbocycles. The summed E-state index contributed by atoms with van der Waals surface area (Å²) >= 11 is 0. The van der Waals surface area contributed by atoms with E-state index < -0.39 is 97.5 Å². The molecule has 0 radical (unpaired) electrons. The molecule has 0 aromatic rings. The van der Waals surface area contributed by atoms with E-state index in [4.69, 9.17) is 37.0 Å². The van der Waals surface area contributed by atoms with Crippen LogP contribution in [0.15, 0.2) is 0 Å². The van der Waals surface area contributed by atoms with Gasteiger partial charge in [-0.1, -0.05) is 452 Å². The van der Waals surface area contributed by atoms with Crippen molar-refractivity contribution in [1.82, 2.24) is 0 Å². The SMILES string of the molecule is CCCCCCCCCCCCCCCCCCCCCCCCC(=O)OC[C@H](COP(=O)(O)OC[C@@H](O)COP(=O)(O)OC[C@@H](COC(=O)CCCCCCCCCCCCCCC)OC(=O)CCCCCCCCCCCCC(C)CC)OC(=O)CCCCCCCCCCCCCCCCCCCCCCCC. The number of hydrogen-bond donors (Lipinski definition) is 3. The molecule has 0 aliphatic heterocycles. The number of unbranched alkanes of at least 4 members (excludes halogenated alkanes) is 63. The monoisotopic (exact) mass is 1620 g/mol. The molecule has 0 rings (SSSR count). The Balaban J connectivity index is 5.23. The molecule has 0 aromatic heterocycles. The van der Waals surface area contributed by atoms with Gasteiger partial charge in [-0.2, -0.15) is 0 Å². The highest BCUT2D eigenvalue weighted by Gasteiger charge is 2.31. The van der Waals surface area contributed by atoms with Gasteiger partial charge >= 0.3 is 39.5 Å². The van der Waals surface area contributed by atoms with Crippen LogP contribution < -0.4 is 0 Å². The van der Waals surface area contributed by atoms with Crippen molar-refractivity contribution in [2.24, 2.45) is 5.92 Å². The Hall–Kier alpha value is -1.94. The number of aliphatic hydroxyl groups is 1. The van der Waals surface area contributed by atoms with Crippen molar-refractivity contribution in [3.05, 3.63) is 0 Å². The molecular formula is C92H180O17P2.